The molecule has 0 N–H and O–H groups in total. The number of aromatic nitrogens is 1. The predicted octanol–water partition coefficient (Wildman–Crippen LogP) is 2.69. The first-order chi connectivity index (χ1) is 6.70. The Kier molecular flexibility index (Phi) is 2.08. The van der Waals surface area contributed by atoms with Crippen LogP contribution < -0.4 is 4.74 Å². The molecule has 3 heteroatoms. The third kappa shape index (κ3) is 1.41. The fourth-order valence-corrected chi connectivity index (χ4v) is 1.48. The van der Waals surface area contributed by atoms with Crippen molar-refractivity contribution in [3.63, 3.8) is 0 Å². The summed E-state index contributed by atoms with van der Waals surface area (Å²) in [4.78, 5) is 3.75. The van der Waals surface area contributed by atoms with E-state index < -0.39 is 5.95 Å². The van der Waals surface area contributed by atoms with Crippen LogP contribution in [-0.2, 0) is 0 Å². The van der Waals surface area contributed by atoms with Crippen LogP contribution in [0.25, 0.3) is 10.8 Å². The molecule has 2 rings (SSSR count). The van der Waals surface area contributed by atoms with E-state index in [9.17, 15) is 4.39 Å². The second kappa shape index (κ2) is 3.25. The second-order valence-corrected chi connectivity index (χ2v) is 3.12. The average molecular weight is 191 g/mol. The maximum atomic E-state index is 12.9. The van der Waals surface area contributed by atoms with Crippen molar-refractivity contribution >= 4 is 10.8 Å². The van der Waals surface area contributed by atoms with Gasteiger partial charge in [-0.1, -0.05) is 6.07 Å². The smallest absolute Gasteiger partial charge is 0.213 e. The average Bonchev–Trinajstić information content (AvgIpc) is 2.17. The zero-order valence-corrected chi connectivity index (χ0v) is 8.04. The van der Waals surface area contributed by atoms with Crippen LogP contribution in [0.4, 0.5) is 4.39 Å². The number of rotatable bonds is 1. The van der Waals surface area contributed by atoms with Crippen LogP contribution in [0.2, 0.25) is 0 Å². The van der Waals surface area contributed by atoms with Crippen LogP contribution >= 0.6 is 0 Å². The summed E-state index contributed by atoms with van der Waals surface area (Å²) in [5.41, 5.74) is 0.680. The molecule has 0 saturated heterocycles. The Bertz CT molecular complexity index is 482. The number of nitrogens with zero attached hydrogens (tertiary/aromatic N) is 1. The van der Waals surface area contributed by atoms with Crippen molar-refractivity contribution < 1.29 is 9.13 Å². The number of aryl methyl sites for hydroxylation is 1. The van der Waals surface area contributed by atoms with Crippen molar-refractivity contribution in [2.45, 2.75) is 6.92 Å². The van der Waals surface area contributed by atoms with Gasteiger partial charge < -0.3 is 4.74 Å². The first-order valence-corrected chi connectivity index (χ1v) is 4.31. The summed E-state index contributed by atoms with van der Waals surface area (Å²) in [5.74, 6) is 0.314. The molecule has 72 valence electrons. The highest BCUT2D eigenvalue weighted by atomic mass is 19.1. The van der Waals surface area contributed by atoms with Crippen LogP contribution in [0.5, 0.6) is 5.75 Å². The van der Waals surface area contributed by atoms with E-state index in [1.54, 1.807) is 20.1 Å². The van der Waals surface area contributed by atoms with Gasteiger partial charge in [0.1, 0.15) is 5.75 Å². The first-order valence-electron chi connectivity index (χ1n) is 4.31. The van der Waals surface area contributed by atoms with E-state index in [2.05, 4.69) is 4.98 Å². The summed E-state index contributed by atoms with van der Waals surface area (Å²) in [5, 5.41) is 1.77. The lowest BCUT2D eigenvalue weighted by Gasteiger charge is -2.04. The lowest BCUT2D eigenvalue weighted by molar-refractivity contribution is 0.415. The van der Waals surface area contributed by atoms with Crippen molar-refractivity contribution in [1.29, 1.82) is 0 Å². The fourth-order valence-electron chi connectivity index (χ4n) is 1.48. The van der Waals surface area contributed by atoms with Gasteiger partial charge in [0.15, 0.2) is 0 Å². The van der Waals surface area contributed by atoms with E-state index in [0.717, 1.165) is 16.5 Å². The Balaban J connectivity index is 2.75. The summed E-state index contributed by atoms with van der Waals surface area (Å²) in [7, 11) is 1.60. The van der Waals surface area contributed by atoms with E-state index in [-0.39, 0.29) is 0 Å². The van der Waals surface area contributed by atoms with E-state index in [0.29, 0.717) is 5.69 Å². The maximum absolute atomic E-state index is 12.9. The van der Waals surface area contributed by atoms with Gasteiger partial charge in [-0.3, -0.25) is 0 Å². The van der Waals surface area contributed by atoms with Crippen LogP contribution in [0.15, 0.2) is 24.3 Å². The Morgan fingerprint density at radius 3 is 2.79 bits per heavy atom. The highest BCUT2D eigenvalue weighted by Crippen LogP contribution is 2.22. The highest BCUT2D eigenvalue weighted by Gasteiger charge is 2.03. The number of fused-ring (bicyclic) bond motifs is 1. The molecule has 0 amide bonds. The van der Waals surface area contributed by atoms with Gasteiger partial charge in [-0.05, 0) is 24.4 Å². The predicted molar refractivity (Wildman–Crippen MR) is 53.0 cm³/mol. The van der Waals surface area contributed by atoms with Gasteiger partial charge in [0.25, 0.3) is 0 Å². The van der Waals surface area contributed by atoms with Crippen molar-refractivity contribution in [1.82, 2.24) is 4.98 Å². The minimum absolute atomic E-state index is 0.444. The van der Waals surface area contributed by atoms with E-state index >= 15 is 0 Å². The molecule has 2 aromatic rings. The molecule has 0 spiro atoms. The number of benzene rings is 1. The van der Waals surface area contributed by atoms with Crippen LogP contribution in [-0.4, -0.2) is 12.1 Å². The van der Waals surface area contributed by atoms with Gasteiger partial charge in [-0.25, -0.2) is 4.98 Å². The van der Waals surface area contributed by atoms with E-state index in [1.165, 1.54) is 6.07 Å². The fraction of sp³-hybridized carbons (Fsp3) is 0.182. The zero-order chi connectivity index (χ0) is 10.1. The SMILES string of the molecule is COc1ccc2cc(F)nc(C)c2c1. The molecule has 1 aromatic heterocycles. The van der Waals surface area contributed by atoms with Gasteiger partial charge in [0, 0.05) is 17.1 Å². The van der Waals surface area contributed by atoms with E-state index in [4.69, 9.17) is 4.74 Å². The minimum Gasteiger partial charge on any atom is -0.497 e. The van der Waals surface area contributed by atoms with Gasteiger partial charge in [0.05, 0.1) is 7.11 Å². The standard InChI is InChI=1S/C11H10FNO/c1-7-10-6-9(14-2)4-3-8(10)5-11(12)13-7/h3-6H,1-2H3. The summed E-state index contributed by atoms with van der Waals surface area (Å²) in [6, 6.07) is 6.91. The molecule has 14 heavy (non-hydrogen) atoms. The molecule has 0 aliphatic heterocycles. The molecule has 2 nitrogen and oxygen atoms in total. The molecule has 1 heterocycles. The molecular formula is C11H10FNO. The summed E-state index contributed by atoms with van der Waals surface area (Å²) < 4.78 is 18.0. The lowest BCUT2D eigenvalue weighted by atomic mass is 10.1. The van der Waals surface area contributed by atoms with Crippen LogP contribution in [0, 0.1) is 12.9 Å². The molecule has 0 bridgehead atoms. The van der Waals surface area contributed by atoms with Gasteiger partial charge in [-0.15, -0.1) is 0 Å². The Morgan fingerprint density at radius 1 is 1.29 bits per heavy atom. The monoisotopic (exact) mass is 191 g/mol. The number of pyridine rings is 1. The van der Waals surface area contributed by atoms with Crippen molar-refractivity contribution in [3.05, 3.63) is 35.9 Å². The van der Waals surface area contributed by atoms with Gasteiger partial charge in [0.2, 0.25) is 5.95 Å². The number of hydrogen-bond acceptors (Lipinski definition) is 2. The molecule has 0 aliphatic carbocycles. The molecule has 1 aromatic carbocycles. The van der Waals surface area contributed by atoms with Gasteiger partial charge >= 0.3 is 0 Å². The Morgan fingerprint density at radius 2 is 2.07 bits per heavy atom. The van der Waals surface area contributed by atoms with Crippen LogP contribution in [0.1, 0.15) is 5.69 Å². The molecule has 0 aliphatic rings. The Labute approximate surface area is 81.3 Å². The second-order valence-electron chi connectivity index (χ2n) is 3.12. The summed E-state index contributed by atoms with van der Waals surface area (Å²) in [6.45, 7) is 1.78. The molecule has 0 radical (unpaired) electrons. The van der Waals surface area contributed by atoms with Crippen molar-refractivity contribution in [3.8, 4) is 5.75 Å². The molecule has 0 saturated carbocycles. The minimum atomic E-state index is -0.444. The molecule has 0 fully saturated rings. The number of methoxy groups -OCH3 is 1. The van der Waals surface area contributed by atoms with E-state index in [1.807, 2.05) is 12.1 Å². The largest absolute Gasteiger partial charge is 0.497 e. The third-order valence-corrected chi connectivity index (χ3v) is 2.20. The zero-order valence-electron chi connectivity index (χ0n) is 8.04. The third-order valence-electron chi connectivity index (χ3n) is 2.20. The van der Waals surface area contributed by atoms with Crippen molar-refractivity contribution in [2.24, 2.45) is 0 Å². The maximum Gasteiger partial charge on any atom is 0.213 e. The molecular weight excluding hydrogens is 181 g/mol. The molecule has 0 unspecified atom stereocenters. The van der Waals surface area contributed by atoms with Gasteiger partial charge in [-0.2, -0.15) is 4.39 Å². The normalized spacial score (nSPS) is 10.5. The highest BCUT2D eigenvalue weighted by molar-refractivity contribution is 5.85. The molecule has 0 atom stereocenters. The number of hydrogen-bond donors (Lipinski definition) is 0. The van der Waals surface area contributed by atoms with Crippen molar-refractivity contribution in [2.75, 3.05) is 7.11 Å². The summed E-state index contributed by atoms with van der Waals surface area (Å²) in [6.07, 6.45) is 0. The number of ether oxygens (including phenoxy) is 1. The lowest BCUT2D eigenvalue weighted by Crippen LogP contribution is -1.90. The topological polar surface area (TPSA) is 22.1 Å². The summed E-state index contributed by atoms with van der Waals surface area (Å²) >= 11 is 0. The number of halogens is 1. The van der Waals surface area contributed by atoms with Crippen LogP contribution in [0.3, 0.4) is 0 Å². The Hall–Kier alpha value is -1.64. The quantitative estimate of drug-likeness (QED) is 0.646. The first kappa shape index (κ1) is 8.94.